The van der Waals surface area contributed by atoms with Gasteiger partial charge in [-0.2, -0.15) is 0 Å². The van der Waals surface area contributed by atoms with Crippen molar-refractivity contribution < 1.29 is 13.2 Å². The summed E-state index contributed by atoms with van der Waals surface area (Å²) in [6, 6.07) is 6.11. The zero-order valence-electron chi connectivity index (χ0n) is 16.6. The third-order valence-electron chi connectivity index (χ3n) is 4.25. The molecule has 1 aromatic carbocycles. The first-order valence-electron chi connectivity index (χ1n) is 8.92. The molecule has 0 aliphatic carbocycles. The van der Waals surface area contributed by atoms with Crippen LogP contribution in [-0.2, 0) is 21.3 Å². The molecule has 0 aliphatic rings. The number of aromatic nitrogens is 4. The van der Waals surface area contributed by atoms with Crippen LogP contribution in [0.5, 0.6) is 0 Å². The highest BCUT2D eigenvalue weighted by Gasteiger charge is 2.24. The van der Waals surface area contributed by atoms with Crippen LogP contribution in [-0.4, -0.2) is 48.9 Å². The Bertz CT molecular complexity index is 1140. The average molecular weight is 473 g/mol. The van der Waals surface area contributed by atoms with Gasteiger partial charge in [-0.1, -0.05) is 48.9 Å². The minimum absolute atomic E-state index is 0.137. The molecular weight excluding hydrogens is 451 g/mol. The van der Waals surface area contributed by atoms with Crippen LogP contribution < -0.4 is 0 Å². The van der Waals surface area contributed by atoms with Gasteiger partial charge in [-0.05, 0) is 18.2 Å². The van der Waals surface area contributed by atoms with Crippen LogP contribution in [0.4, 0.5) is 0 Å². The second-order valence-corrected chi connectivity index (χ2v) is 16.3. The molecule has 3 rings (SSSR count). The highest BCUT2D eigenvalue weighted by molar-refractivity contribution is 7.90. The van der Waals surface area contributed by atoms with Crippen molar-refractivity contribution >= 4 is 52.3 Å². The summed E-state index contributed by atoms with van der Waals surface area (Å²) in [4.78, 5) is 12.7. The fraction of sp³-hybridized carbons (Fsp3) is 0.389. The van der Waals surface area contributed by atoms with Gasteiger partial charge in [0.2, 0.25) is 0 Å². The number of fused-ring (bicyclic) bond motifs is 1. The molecule has 0 unspecified atom stereocenters. The summed E-state index contributed by atoms with van der Waals surface area (Å²) in [6.45, 7) is 7.52. The van der Waals surface area contributed by atoms with Gasteiger partial charge in [-0.15, -0.1) is 0 Å². The van der Waals surface area contributed by atoms with Crippen molar-refractivity contribution in [2.75, 3.05) is 12.9 Å². The molecule has 7 nitrogen and oxygen atoms in total. The average Bonchev–Trinajstić information content (AvgIpc) is 2.95. The van der Waals surface area contributed by atoms with Gasteiger partial charge < -0.3 is 4.74 Å². The van der Waals surface area contributed by atoms with E-state index in [0.717, 1.165) is 12.3 Å². The predicted octanol–water partition coefficient (Wildman–Crippen LogP) is 4.52. The Morgan fingerprint density at radius 3 is 2.38 bits per heavy atom. The molecule has 2 aromatic heterocycles. The van der Waals surface area contributed by atoms with Crippen LogP contribution in [0, 0.1) is 0 Å². The number of ether oxygens (including phenoxy) is 1. The maximum atomic E-state index is 12.2. The summed E-state index contributed by atoms with van der Waals surface area (Å²) in [6.07, 6.45) is 2.29. The lowest BCUT2D eigenvalue weighted by molar-refractivity contribution is 0.0906. The minimum atomic E-state index is -3.61. The Kier molecular flexibility index (Phi) is 6.35. The van der Waals surface area contributed by atoms with E-state index in [1.807, 2.05) is 0 Å². The zero-order chi connectivity index (χ0) is 21.4. The first-order chi connectivity index (χ1) is 13.5. The van der Waals surface area contributed by atoms with Crippen LogP contribution in [0.15, 0.2) is 29.6 Å². The Morgan fingerprint density at radius 1 is 1.14 bits per heavy atom. The van der Waals surface area contributed by atoms with Crippen molar-refractivity contribution in [3.63, 3.8) is 0 Å². The van der Waals surface area contributed by atoms with Crippen LogP contribution in [0.1, 0.15) is 0 Å². The lowest BCUT2D eigenvalue weighted by Crippen LogP contribution is -2.22. The van der Waals surface area contributed by atoms with Gasteiger partial charge >= 0.3 is 0 Å². The van der Waals surface area contributed by atoms with Crippen LogP contribution in [0.25, 0.3) is 22.6 Å². The van der Waals surface area contributed by atoms with Crippen LogP contribution >= 0.6 is 23.2 Å². The number of benzene rings is 1. The molecule has 156 valence electrons. The van der Waals surface area contributed by atoms with E-state index in [-0.39, 0.29) is 17.3 Å². The van der Waals surface area contributed by atoms with E-state index < -0.39 is 17.9 Å². The topological polar surface area (TPSA) is 87.0 Å². The van der Waals surface area contributed by atoms with Crippen LogP contribution in [0.2, 0.25) is 35.7 Å². The maximum Gasteiger partial charge on any atom is 0.195 e. The third kappa shape index (κ3) is 4.97. The van der Waals surface area contributed by atoms with Gasteiger partial charge in [0, 0.05) is 20.9 Å². The summed E-state index contributed by atoms with van der Waals surface area (Å²) in [5.74, 6) is 0.383. The lowest BCUT2D eigenvalue weighted by Gasteiger charge is -2.16. The second kappa shape index (κ2) is 8.31. The summed E-state index contributed by atoms with van der Waals surface area (Å²) in [5, 5.41) is 0.641. The SMILES string of the molecule is C[Si](C)(C)CCOCn1c(-c2c(Cl)cccc2Cl)nc2c(S(C)(=O)=O)ncnc21. The van der Waals surface area contributed by atoms with Crippen LogP contribution in [0.3, 0.4) is 0 Å². The van der Waals surface area contributed by atoms with Crippen molar-refractivity contribution in [3.05, 3.63) is 34.6 Å². The van der Waals surface area contributed by atoms with Crippen molar-refractivity contribution in [1.82, 2.24) is 19.5 Å². The normalized spacial score (nSPS) is 12.6. The molecule has 0 amide bonds. The fourth-order valence-electron chi connectivity index (χ4n) is 2.75. The number of rotatable bonds is 7. The molecule has 29 heavy (non-hydrogen) atoms. The van der Waals surface area contributed by atoms with Crippen molar-refractivity contribution in [2.45, 2.75) is 37.4 Å². The largest absolute Gasteiger partial charge is 0.361 e. The molecule has 0 atom stereocenters. The Balaban J connectivity index is 2.16. The van der Waals surface area contributed by atoms with E-state index in [2.05, 4.69) is 34.6 Å². The Labute approximate surface area is 181 Å². The van der Waals surface area contributed by atoms with Gasteiger partial charge in [0.1, 0.15) is 24.4 Å². The summed E-state index contributed by atoms with van der Waals surface area (Å²) in [7, 11) is -4.87. The number of imidazole rings is 1. The van der Waals surface area contributed by atoms with Crippen molar-refractivity contribution in [1.29, 1.82) is 0 Å². The maximum absolute atomic E-state index is 12.2. The lowest BCUT2D eigenvalue weighted by atomic mass is 10.2. The molecule has 0 saturated heterocycles. The van der Waals surface area contributed by atoms with Gasteiger partial charge in [0.25, 0.3) is 0 Å². The number of hydrogen-bond acceptors (Lipinski definition) is 6. The molecular formula is C18H22Cl2N4O3SSi. The summed E-state index contributed by atoms with van der Waals surface area (Å²) < 4.78 is 32.0. The highest BCUT2D eigenvalue weighted by atomic mass is 35.5. The molecule has 0 spiro atoms. The highest BCUT2D eigenvalue weighted by Crippen LogP contribution is 2.36. The van der Waals surface area contributed by atoms with E-state index in [1.54, 1.807) is 22.8 Å². The Hall–Kier alpha value is -1.52. The number of hydrogen-bond donors (Lipinski definition) is 0. The quantitative estimate of drug-likeness (QED) is 0.285. The first-order valence-corrected chi connectivity index (χ1v) is 15.3. The van der Waals surface area contributed by atoms with Gasteiger partial charge in [-0.25, -0.2) is 23.4 Å². The molecule has 0 fully saturated rings. The van der Waals surface area contributed by atoms with E-state index in [0.29, 0.717) is 33.7 Å². The third-order valence-corrected chi connectivity index (χ3v) is 7.59. The van der Waals surface area contributed by atoms with Gasteiger partial charge in [-0.3, -0.25) is 4.57 Å². The predicted molar refractivity (Wildman–Crippen MR) is 118 cm³/mol. The standard InChI is InChI=1S/C18H22Cl2N4O3SSi/c1-28(25,26)18-15-17(21-10-22-18)24(11-27-8-9-29(2,3)4)16(23-15)14-12(19)6-5-7-13(14)20/h5-7,10H,8-9,11H2,1-4H3. The monoisotopic (exact) mass is 472 g/mol. The zero-order valence-corrected chi connectivity index (χ0v) is 19.9. The Morgan fingerprint density at radius 2 is 1.79 bits per heavy atom. The second-order valence-electron chi connectivity index (χ2n) is 7.93. The van der Waals surface area contributed by atoms with Gasteiger partial charge in [0.05, 0.1) is 15.6 Å². The van der Waals surface area contributed by atoms with E-state index >= 15 is 0 Å². The van der Waals surface area contributed by atoms with E-state index in [4.69, 9.17) is 27.9 Å². The molecule has 0 radical (unpaired) electrons. The molecule has 0 N–H and O–H groups in total. The number of nitrogens with zero attached hydrogens (tertiary/aromatic N) is 4. The van der Waals surface area contributed by atoms with Gasteiger partial charge in [0.15, 0.2) is 20.5 Å². The molecule has 3 aromatic rings. The summed E-state index contributed by atoms with van der Waals surface area (Å²) in [5.41, 5.74) is 0.997. The summed E-state index contributed by atoms with van der Waals surface area (Å²) >= 11 is 12.8. The molecule has 2 heterocycles. The van der Waals surface area contributed by atoms with Crippen molar-refractivity contribution in [3.8, 4) is 11.4 Å². The first kappa shape index (κ1) is 22.2. The number of halogens is 2. The molecule has 0 aliphatic heterocycles. The fourth-order valence-corrected chi connectivity index (χ4v) is 4.80. The molecule has 11 heteroatoms. The van der Waals surface area contributed by atoms with E-state index in [9.17, 15) is 8.42 Å². The van der Waals surface area contributed by atoms with E-state index in [1.165, 1.54) is 6.33 Å². The molecule has 0 saturated carbocycles. The molecule has 0 bridgehead atoms. The van der Waals surface area contributed by atoms with Crippen molar-refractivity contribution in [2.24, 2.45) is 0 Å². The minimum Gasteiger partial charge on any atom is -0.361 e. The smallest absolute Gasteiger partial charge is 0.195 e. The number of sulfone groups is 1.